The minimum atomic E-state index is -0.847. The molecule has 6 nitrogen and oxygen atoms in total. The Labute approximate surface area is 469 Å². The van der Waals surface area contributed by atoms with E-state index in [1.807, 2.05) is 6.08 Å². The molecule has 2 atom stereocenters. The van der Waals surface area contributed by atoms with E-state index in [9.17, 15) is 19.8 Å². The second kappa shape index (κ2) is 65.1. The van der Waals surface area contributed by atoms with Crippen LogP contribution in [-0.2, 0) is 14.3 Å². The Morgan fingerprint density at radius 2 is 0.613 bits per heavy atom. The molecule has 0 aliphatic rings. The van der Waals surface area contributed by atoms with Crippen LogP contribution in [0.25, 0.3) is 0 Å². The van der Waals surface area contributed by atoms with Crippen LogP contribution in [0.2, 0.25) is 0 Å². The maximum Gasteiger partial charge on any atom is 0.305 e. The topological polar surface area (TPSA) is 95.9 Å². The highest BCUT2D eigenvalue weighted by Crippen LogP contribution is 2.19. The van der Waals surface area contributed by atoms with E-state index in [4.69, 9.17) is 4.74 Å². The highest BCUT2D eigenvalue weighted by Gasteiger charge is 2.18. The molecule has 0 aliphatic carbocycles. The van der Waals surface area contributed by atoms with Crippen LogP contribution in [0.15, 0.2) is 12.2 Å². The summed E-state index contributed by atoms with van der Waals surface area (Å²) < 4.78 is 5.48. The molecule has 0 saturated heterocycles. The van der Waals surface area contributed by atoms with Crippen molar-refractivity contribution in [2.45, 2.75) is 405 Å². The van der Waals surface area contributed by atoms with Crippen molar-refractivity contribution in [1.82, 2.24) is 5.32 Å². The van der Waals surface area contributed by atoms with Crippen molar-refractivity contribution in [1.29, 1.82) is 0 Å². The largest absolute Gasteiger partial charge is 0.466 e. The SMILES string of the molecule is CCCCCCCCCCCCCCCCCCCCCCCCC/C=C/C(O)C(CO)NC(=O)CCCCCCCCCCCCCCCCCCCCCCOC(=O)CCCCCCCCCCCCCCC. The minimum absolute atomic E-state index is 0.0127. The number of ether oxygens (including phenoxy) is 1. The van der Waals surface area contributed by atoms with E-state index in [2.05, 4.69) is 19.2 Å². The Morgan fingerprint density at radius 3 is 0.907 bits per heavy atom. The van der Waals surface area contributed by atoms with Gasteiger partial charge in [-0.3, -0.25) is 9.59 Å². The molecule has 75 heavy (non-hydrogen) atoms. The molecule has 0 heterocycles. The average molecular weight is 1060 g/mol. The second-order valence-corrected chi connectivity index (χ2v) is 23.9. The number of nitrogens with one attached hydrogen (secondary N) is 1. The van der Waals surface area contributed by atoms with Gasteiger partial charge in [0.05, 0.1) is 25.4 Å². The molecule has 0 saturated carbocycles. The fraction of sp³-hybridized carbons (Fsp3) is 0.942. The summed E-state index contributed by atoms with van der Waals surface area (Å²) in [7, 11) is 0. The van der Waals surface area contributed by atoms with Crippen LogP contribution in [0.4, 0.5) is 0 Å². The molecule has 0 aromatic carbocycles. The maximum absolute atomic E-state index is 12.5. The number of aliphatic hydroxyl groups excluding tert-OH is 2. The first-order valence-electron chi connectivity index (χ1n) is 34.5. The van der Waals surface area contributed by atoms with Gasteiger partial charge < -0.3 is 20.3 Å². The monoisotopic (exact) mass is 1060 g/mol. The fourth-order valence-corrected chi connectivity index (χ4v) is 11.1. The molecule has 2 unspecified atom stereocenters. The van der Waals surface area contributed by atoms with Crippen molar-refractivity contribution in [3.8, 4) is 0 Å². The number of rotatable bonds is 65. The molecule has 0 spiro atoms. The van der Waals surface area contributed by atoms with Crippen LogP contribution >= 0.6 is 0 Å². The number of allylic oxidation sites excluding steroid dienone is 1. The zero-order valence-electron chi connectivity index (χ0n) is 51.1. The smallest absolute Gasteiger partial charge is 0.305 e. The molecule has 1 amide bonds. The summed E-state index contributed by atoms with van der Waals surface area (Å²) in [5.41, 5.74) is 0. The number of carbonyl (C=O) groups is 2. The van der Waals surface area contributed by atoms with Crippen LogP contribution in [-0.4, -0.2) is 47.4 Å². The highest BCUT2D eigenvalue weighted by atomic mass is 16.5. The molecule has 0 fully saturated rings. The van der Waals surface area contributed by atoms with Crippen LogP contribution in [0.1, 0.15) is 393 Å². The Kier molecular flexibility index (Phi) is 63.9. The molecule has 0 aromatic heterocycles. The van der Waals surface area contributed by atoms with Crippen molar-refractivity contribution >= 4 is 11.9 Å². The molecule has 0 radical (unpaired) electrons. The summed E-state index contributed by atoms with van der Waals surface area (Å²) in [5.74, 6) is -0.0521. The minimum Gasteiger partial charge on any atom is -0.466 e. The third-order valence-corrected chi connectivity index (χ3v) is 16.3. The standard InChI is InChI=1S/C69H135NO5/c1-3-5-7-9-11-13-15-17-18-19-20-21-22-23-24-25-28-31-34-38-41-45-49-53-57-61-67(72)66(65-71)70-68(73)62-58-54-50-46-42-39-35-32-29-26-27-30-33-36-40-44-48-52-56-60-64-75-69(74)63-59-55-51-47-43-37-16-14-12-10-8-6-4-2/h57,61,66-67,71-72H,3-56,58-60,62-65H2,1-2H3,(H,70,73)/b61-57+. The number of hydrogen-bond acceptors (Lipinski definition) is 5. The Bertz CT molecular complexity index is 1130. The molecule has 446 valence electrons. The van der Waals surface area contributed by atoms with E-state index in [1.165, 1.54) is 327 Å². The van der Waals surface area contributed by atoms with Gasteiger partial charge in [-0.05, 0) is 32.1 Å². The quantitative estimate of drug-likeness (QED) is 0.0320. The van der Waals surface area contributed by atoms with Gasteiger partial charge in [0.1, 0.15) is 0 Å². The number of hydrogen-bond donors (Lipinski definition) is 3. The predicted molar refractivity (Wildman–Crippen MR) is 329 cm³/mol. The lowest BCUT2D eigenvalue weighted by atomic mass is 10.0. The third kappa shape index (κ3) is 61.7. The van der Waals surface area contributed by atoms with Crippen molar-refractivity contribution in [3.05, 3.63) is 12.2 Å². The van der Waals surface area contributed by atoms with Gasteiger partial charge in [0.15, 0.2) is 0 Å². The lowest BCUT2D eigenvalue weighted by molar-refractivity contribution is -0.143. The van der Waals surface area contributed by atoms with E-state index in [-0.39, 0.29) is 18.5 Å². The zero-order chi connectivity index (χ0) is 54.3. The molecule has 0 aromatic rings. The predicted octanol–water partition coefficient (Wildman–Crippen LogP) is 22.0. The Hall–Kier alpha value is -1.40. The summed E-state index contributed by atoms with van der Waals surface area (Å²) in [6.07, 6.45) is 79.9. The summed E-state index contributed by atoms with van der Waals surface area (Å²) in [5, 5.41) is 23.3. The number of carbonyl (C=O) groups excluding carboxylic acids is 2. The van der Waals surface area contributed by atoms with E-state index < -0.39 is 12.1 Å². The van der Waals surface area contributed by atoms with Crippen LogP contribution in [0, 0.1) is 0 Å². The summed E-state index contributed by atoms with van der Waals surface area (Å²) in [4.78, 5) is 24.6. The van der Waals surface area contributed by atoms with Crippen molar-refractivity contribution in [3.63, 3.8) is 0 Å². The highest BCUT2D eigenvalue weighted by molar-refractivity contribution is 5.76. The summed E-state index contributed by atoms with van der Waals surface area (Å²) >= 11 is 0. The van der Waals surface area contributed by atoms with Gasteiger partial charge in [0, 0.05) is 12.8 Å². The van der Waals surface area contributed by atoms with Crippen LogP contribution in [0.3, 0.4) is 0 Å². The van der Waals surface area contributed by atoms with E-state index in [1.54, 1.807) is 6.08 Å². The van der Waals surface area contributed by atoms with Crippen LogP contribution < -0.4 is 5.32 Å². The van der Waals surface area contributed by atoms with Gasteiger partial charge in [-0.25, -0.2) is 0 Å². The molecule has 0 aliphatic heterocycles. The van der Waals surface area contributed by atoms with Crippen molar-refractivity contribution in [2.24, 2.45) is 0 Å². The first-order chi connectivity index (χ1) is 37.0. The number of unbranched alkanes of at least 4 members (excludes halogenated alkanes) is 54. The van der Waals surface area contributed by atoms with Gasteiger partial charge in [0.2, 0.25) is 5.91 Å². The van der Waals surface area contributed by atoms with Crippen LogP contribution in [0.5, 0.6) is 0 Å². The lowest BCUT2D eigenvalue weighted by Gasteiger charge is -2.20. The Morgan fingerprint density at radius 1 is 0.360 bits per heavy atom. The van der Waals surface area contributed by atoms with E-state index in [0.717, 1.165) is 38.5 Å². The fourth-order valence-electron chi connectivity index (χ4n) is 11.1. The molecular weight excluding hydrogens is 923 g/mol. The van der Waals surface area contributed by atoms with Crippen molar-refractivity contribution in [2.75, 3.05) is 13.2 Å². The zero-order valence-corrected chi connectivity index (χ0v) is 51.1. The van der Waals surface area contributed by atoms with Gasteiger partial charge in [-0.15, -0.1) is 0 Å². The lowest BCUT2D eigenvalue weighted by Crippen LogP contribution is -2.45. The van der Waals surface area contributed by atoms with E-state index >= 15 is 0 Å². The van der Waals surface area contributed by atoms with E-state index in [0.29, 0.717) is 19.4 Å². The first-order valence-corrected chi connectivity index (χ1v) is 34.5. The Balaban J connectivity index is 3.41. The second-order valence-electron chi connectivity index (χ2n) is 23.9. The average Bonchev–Trinajstić information content (AvgIpc) is 3.41. The van der Waals surface area contributed by atoms with Gasteiger partial charge >= 0.3 is 5.97 Å². The third-order valence-electron chi connectivity index (χ3n) is 16.3. The first kappa shape index (κ1) is 73.6. The summed E-state index contributed by atoms with van der Waals surface area (Å²) in [6, 6.07) is -0.630. The van der Waals surface area contributed by atoms with Gasteiger partial charge in [-0.2, -0.15) is 0 Å². The van der Waals surface area contributed by atoms with Gasteiger partial charge in [-0.1, -0.05) is 360 Å². The molecule has 0 rings (SSSR count). The summed E-state index contributed by atoms with van der Waals surface area (Å²) in [6.45, 7) is 4.94. The van der Waals surface area contributed by atoms with Crippen molar-refractivity contribution < 1.29 is 24.5 Å². The normalized spacial score (nSPS) is 12.5. The van der Waals surface area contributed by atoms with Gasteiger partial charge in [0.25, 0.3) is 0 Å². The molecule has 3 N–H and O–H groups in total. The molecular formula is C69H135NO5. The molecule has 0 bridgehead atoms. The molecule has 6 heteroatoms. The number of amides is 1. The maximum atomic E-state index is 12.5. The number of esters is 1. The number of aliphatic hydroxyl groups is 2.